The summed E-state index contributed by atoms with van der Waals surface area (Å²) in [4.78, 5) is 15.5. The standard InChI is InChI=1S/C27H31NO2/c29-26(21-12-14-24(15-13-21)30-23-9-3-4-10-23)28-19-18-27(16-6-1-7-17-27)20-22-8-2-5-11-25(22)28/h2,5-6,8,11-16,23H,1,3-4,7,9-10,17-20H2. The average molecular weight is 402 g/mol. The number of hydrogen-bond donors (Lipinski definition) is 0. The van der Waals surface area contributed by atoms with Crippen molar-refractivity contribution in [3.05, 3.63) is 71.8 Å². The predicted octanol–water partition coefficient (Wildman–Crippen LogP) is 6.33. The molecule has 0 N–H and O–H groups in total. The maximum absolute atomic E-state index is 13.5. The molecule has 3 aliphatic rings. The highest BCUT2D eigenvalue weighted by molar-refractivity contribution is 6.06. The van der Waals surface area contributed by atoms with Gasteiger partial charge in [0.2, 0.25) is 0 Å². The summed E-state index contributed by atoms with van der Waals surface area (Å²) in [5.41, 5.74) is 3.29. The third kappa shape index (κ3) is 3.90. The lowest BCUT2D eigenvalue weighted by molar-refractivity contribution is 0.0985. The second-order valence-corrected chi connectivity index (χ2v) is 9.22. The molecule has 2 aromatic carbocycles. The first-order valence-corrected chi connectivity index (χ1v) is 11.6. The molecule has 1 heterocycles. The summed E-state index contributed by atoms with van der Waals surface area (Å²) in [6, 6.07) is 16.2. The largest absolute Gasteiger partial charge is 0.490 e. The van der Waals surface area contributed by atoms with E-state index in [9.17, 15) is 4.79 Å². The Morgan fingerprint density at radius 3 is 2.53 bits per heavy atom. The van der Waals surface area contributed by atoms with Crippen molar-refractivity contribution in [1.29, 1.82) is 0 Å². The molecule has 5 rings (SSSR count). The molecule has 0 bridgehead atoms. The number of allylic oxidation sites excluding steroid dienone is 2. The Bertz CT molecular complexity index is 926. The molecule has 0 aromatic heterocycles. The summed E-state index contributed by atoms with van der Waals surface area (Å²) in [7, 11) is 0. The lowest BCUT2D eigenvalue weighted by Crippen LogP contribution is -2.33. The van der Waals surface area contributed by atoms with Crippen LogP contribution in [-0.2, 0) is 6.42 Å². The van der Waals surface area contributed by atoms with Crippen LogP contribution in [0.25, 0.3) is 0 Å². The summed E-state index contributed by atoms with van der Waals surface area (Å²) < 4.78 is 6.07. The first kappa shape index (κ1) is 19.4. The van der Waals surface area contributed by atoms with E-state index < -0.39 is 0 Å². The van der Waals surface area contributed by atoms with Gasteiger partial charge in [0.05, 0.1) is 6.10 Å². The van der Waals surface area contributed by atoms with Gasteiger partial charge in [0, 0.05) is 17.8 Å². The van der Waals surface area contributed by atoms with Crippen LogP contribution in [0, 0.1) is 5.41 Å². The molecule has 1 aliphatic heterocycles. The number of benzene rings is 2. The molecule has 1 unspecified atom stereocenters. The molecule has 1 spiro atoms. The molecule has 1 fully saturated rings. The molecular weight excluding hydrogens is 370 g/mol. The molecule has 30 heavy (non-hydrogen) atoms. The molecule has 2 aliphatic carbocycles. The summed E-state index contributed by atoms with van der Waals surface area (Å²) in [5.74, 6) is 0.965. The molecule has 0 saturated heterocycles. The summed E-state index contributed by atoms with van der Waals surface area (Å²) >= 11 is 0. The van der Waals surface area contributed by atoms with Gasteiger partial charge < -0.3 is 9.64 Å². The predicted molar refractivity (Wildman–Crippen MR) is 121 cm³/mol. The van der Waals surface area contributed by atoms with Gasteiger partial charge in [-0.1, -0.05) is 30.4 Å². The van der Waals surface area contributed by atoms with Gasteiger partial charge >= 0.3 is 0 Å². The zero-order valence-electron chi connectivity index (χ0n) is 17.7. The molecule has 3 nitrogen and oxygen atoms in total. The monoisotopic (exact) mass is 401 g/mol. The van der Waals surface area contributed by atoms with Gasteiger partial charge in [-0.2, -0.15) is 0 Å². The third-order valence-corrected chi connectivity index (χ3v) is 7.13. The Labute approximate surface area is 179 Å². The van der Waals surface area contributed by atoms with Crippen molar-refractivity contribution in [1.82, 2.24) is 0 Å². The van der Waals surface area contributed by atoms with Crippen molar-refractivity contribution in [3.63, 3.8) is 0 Å². The quantitative estimate of drug-likeness (QED) is 0.563. The van der Waals surface area contributed by atoms with Crippen LogP contribution in [0.5, 0.6) is 5.75 Å². The van der Waals surface area contributed by atoms with Crippen LogP contribution < -0.4 is 9.64 Å². The maximum atomic E-state index is 13.5. The highest BCUT2D eigenvalue weighted by Gasteiger charge is 2.35. The SMILES string of the molecule is O=C(c1ccc(OC2CCCC2)cc1)N1CCC2(C=CCCC2)Cc2ccccc21. The zero-order valence-corrected chi connectivity index (χ0v) is 17.7. The van der Waals surface area contributed by atoms with Gasteiger partial charge in [-0.25, -0.2) is 0 Å². The first-order chi connectivity index (χ1) is 14.7. The number of amides is 1. The van der Waals surface area contributed by atoms with E-state index >= 15 is 0 Å². The molecule has 1 saturated carbocycles. The molecular formula is C27H31NO2. The minimum atomic E-state index is 0.0895. The second-order valence-electron chi connectivity index (χ2n) is 9.22. The lowest BCUT2D eigenvalue weighted by Gasteiger charge is -2.32. The van der Waals surface area contributed by atoms with Gasteiger partial charge in [0.1, 0.15) is 5.75 Å². The van der Waals surface area contributed by atoms with Crippen LogP contribution in [0.2, 0.25) is 0 Å². The van der Waals surface area contributed by atoms with Crippen LogP contribution in [0.1, 0.15) is 67.3 Å². The fourth-order valence-electron chi connectivity index (χ4n) is 5.43. The average Bonchev–Trinajstić information content (AvgIpc) is 3.23. The Hall–Kier alpha value is -2.55. The van der Waals surface area contributed by atoms with Crippen LogP contribution in [-0.4, -0.2) is 18.6 Å². The van der Waals surface area contributed by atoms with Crippen molar-refractivity contribution in [2.45, 2.75) is 63.9 Å². The molecule has 156 valence electrons. The normalized spacial score (nSPS) is 23.9. The summed E-state index contributed by atoms with van der Waals surface area (Å²) in [5, 5.41) is 0. The number of carbonyl (C=O) groups excluding carboxylic acids is 1. The Balaban J connectivity index is 1.38. The van der Waals surface area contributed by atoms with Crippen molar-refractivity contribution in [2.75, 3.05) is 11.4 Å². The van der Waals surface area contributed by atoms with E-state index in [-0.39, 0.29) is 11.3 Å². The van der Waals surface area contributed by atoms with E-state index in [0.29, 0.717) is 6.10 Å². The van der Waals surface area contributed by atoms with Gasteiger partial charge in [-0.05, 0) is 99.1 Å². The molecule has 2 aromatic rings. The molecule has 3 heteroatoms. The minimum Gasteiger partial charge on any atom is -0.490 e. The van der Waals surface area contributed by atoms with E-state index in [1.54, 1.807) is 0 Å². The fourth-order valence-corrected chi connectivity index (χ4v) is 5.43. The first-order valence-electron chi connectivity index (χ1n) is 11.6. The Morgan fingerprint density at radius 2 is 1.77 bits per heavy atom. The number of nitrogens with zero attached hydrogens (tertiary/aromatic N) is 1. The molecule has 0 radical (unpaired) electrons. The van der Waals surface area contributed by atoms with Crippen LogP contribution in [0.15, 0.2) is 60.7 Å². The number of anilines is 1. The Kier molecular flexibility index (Phi) is 5.37. The van der Waals surface area contributed by atoms with Gasteiger partial charge in [-0.15, -0.1) is 0 Å². The summed E-state index contributed by atoms with van der Waals surface area (Å²) in [6.45, 7) is 0.764. The van der Waals surface area contributed by atoms with Gasteiger partial charge in [0.15, 0.2) is 0 Å². The zero-order chi connectivity index (χ0) is 20.4. The van der Waals surface area contributed by atoms with Crippen molar-refractivity contribution < 1.29 is 9.53 Å². The highest BCUT2D eigenvalue weighted by Crippen LogP contribution is 2.43. The van der Waals surface area contributed by atoms with Crippen molar-refractivity contribution in [3.8, 4) is 5.75 Å². The van der Waals surface area contributed by atoms with Crippen LogP contribution >= 0.6 is 0 Å². The van der Waals surface area contributed by atoms with Crippen molar-refractivity contribution in [2.24, 2.45) is 5.41 Å². The third-order valence-electron chi connectivity index (χ3n) is 7.13. The van der Waals surface area contributed by atoms with E-state index in [4.69, 9.17) is 4.74 Å². The molecule has 1 amide bonds. The number of carbonyl (C=O) groups is 1. The van der Waals surface area contributed by atoms with E-state index in [1.807, 2.05) is 35.2 Å². The smallest absolute Gasteiger partial charge is 0.258 e. The second kappa shape index (κ2) is 8.29. The highest BCUT2D eigenvalue weighted by atomic mass is 16.5. The number of hydrogen-bond acceptors (Lipinski definition) is 2. The number of ether oxygens (including phenoxy) is 1. The lowest BCUT2D eigenvalue weighted by atomic mass is 9.72. The maximum Gasteiger partial charge on any atom is 0.258 e. The van der Waals surface area contributed by atoms with Crippen LogP contribution in [0.4, 0.5) is 5.69 Å². The number of fused-ring (bicyclic) bond motifs is 1. The van der Waals surface area contributed by atoms with Gasteiger partial charge in [-0.3, -0.25) is 4.79 Å². The fraction of sp³-hybridized carbons (Fsp3) is 0.444. The minimum absolute atomic E-state index is 0.0895. The topological polar surface area (TPSA) is 29.5 Å². The summed E-state index contributed by atoms with van der Waals surface area (Å²) in [6.07, 6.45) is 15.6. The Morgan fingerprint density at radius 1 is 0.967 bits per heavy atom. The van der Waals surface area contributed by atoms with Gasteiger partial charge in [0.25, 0.3) is 5.91 Å². The van der Waals surface area contributed by atoms with E-state index in [1.165, 1.54) is 37.7 Å². The van der Waals surface area contributed by atoms with Crippen LogP contribution in [0.3, 0.4) is 0 Å². The van der Waals surface area contributed by atoms with E-state index in [0.717, 1.165) is 49.2 Å². The number of rotatable bonds is 3. The number of para-hydroxylation sites is 1. The molecule has 1 atom stereocenters. The van der Waals surface area contributed by atoms with E-state index in [2.05, 4.69) is 30.4 Å². The van der Waals surface area contributed by atoms with Crippen molar-refractivity contribution >= 4 is 11.6 Å².